The van der Waals surface area contributed by atoms with Crippen LogP contribution in [-0.2, 0) is 9.53 Å². The summed E-state index contributed by atoms with van der Waals surface area (Å²) in [6, 6.07) is 0. The van der Waals surface area contributed by atoms with Gasteiger partial charge in [-0.2, -0.15) is 0 Å². The van der Waals surface area contributed by atoms with E-state index < -0.39 is 17.5 Å². The highest BCUT2D eigenvalue weighted by Gasteiger charge is 2.22. The molecule has 0 amide bonds. The largest absolute Gasteiger partial charge is 0.477 e. The zero-order chi connectivity index (χ0) is 12.1. The molecule has 0 aromatic heterocycles. The number of aliphatic imine (C=N–C) groups is 1. The molecule has 0 aromatic carbocycles. The number of amidine groups is 1. The van der Waals surface area contributed by atoms with Crippen molar-refractivity contribution >= 4 is 11.8 Å². The summed E-state index contributed by atoms with van der Waals surface area (Å²) < 4.78 is 18.8. The van der Waals surface area contributed by atoms with Crippen molar-refractivity contribution in [3.63, 3.8) is 0 Å². The molecule has 3 N–H and O–H groups in total. The summed E-state index contributed by atoms with van der Waals surface area (Å²) in [6.45, 7) is 1.85. The molecule has 0 aromatic rings. The smallest absolute Gasteiger partial charge is 0.354 e. The van der Waals surface area contributed by atoms with E-state index in [1.807, 2.05) is 0 Å². The number of morpholine rings is 1. The summed E-state index contributed by atoms with van der Waals surface area (Å²) in [5, 5.41) is 8.57. The first kappa shape index (κ1) is 12.4. The molecule has 0 spiro atoms. The number of hydrogen-bond donors (Lipinski definition) is 2. The molecular formula is C9H14FN3O3. The number of ether oxygens (including phenoxy) is 1. The third-order valence-corrected chi connectivity index (χ3v) is 2.19. The number of halogens is 1. The lowest BCUT2D eigenvalue weighted by atomic mass is 10.3. The van der Waals surface area contributed by atoms with E-state index in [1.165, 1.54) is 7.05 Å². The Morgan fingerprint density at radius 3 is 2.50 bits per heavy atom. The molecule has 0 saturated carbocycles. The van der Waals surface area contributed by atoms with Crippen LogP contribution in [0.15, 0.2) is 16.5 Å². The van der Waals surface area contributed by atoms with Crippen LogP contribution in [0.25, 0.3) is 0 Å². The number of nitrogens with two attached hydrogens (primary N) is 1. The lowest BCUT2D eigenvalue weighted by Crippen LogP contribution is -2.41. The first-order valence-electron chi connectivity index (χ1n) is 4.76. The monoisotopic (exact) mass is 231 g/mol. The summed E-state index contributed by atoms with van der Waals surface area (Å²) in [6.07, 6.45) is 0. The van der Waals surface area contributed by atoms with Crippen molar-refractivity contribution in [3.8, 4) is 0 Å². The van der Waals surface area contributed by atoms with E-state index in [0.29, 0.717) is 26.3 Å². The van der Waals surface area contributed by atoms with Crippen molar-refractivity contribution in [2.45, 2.75) is 0 Å². The summed E-state index contributed by atoms with van der Waals surface area (Å²) in [5.74, 6) is -2.54. The second kappa shape index (κ2) is 5.45. The molecule has 90 valence electrons. The van der Waals surface area contributed by atoms with Crippen LogP contribution in [0.3, 0.4) is 0 Å². The zero-order valence-electron chi connectivity index (χ0n) is 8.94. The average molecular weight is 231 g/mol. The van der Waals surface area contributed by atoms with Crippen LogP contribution in [0.5, 0.6) is 0 Å². The van der Waals surface area contributed by atoms with Crippen molar-refractivity contribution in [1.82, 2.24) is 4.90 Å². The van der Waals surface area contributed by atoms with E-state index in [4.69, 9.17) is 15.6 Å². The fourth-order valence-corrected chi connectivity index (χ4v) is 1.37. The van der Waals surface area contributed by atoms with E-state index in [2.05, 4.69) is 4.99 Å². The lowest BCUT2D eigenvalue weighted by molar-refractivity contribution is -0.132. The van der Waals surface area contributed by atoms with E-state index in [-0.39, 0.29) is 5.84 Å². The maximum atomic E-state index is 13.7. The number of carboxylic acids is 1. The van der Waals surface area contributed by atoms with E-state index in [0.717, 1.165) is 0 Å². The van der Waals surface area contributed by atoms with Crippen LogP contribution in [0.2, 0.25) is 0 Å². The second-order valence-corrected chi connectivity index (χ2v) is 3.18. The van der Waals surface area contributed by atoms with Crippen LogP contribution in [0.4, 0.5) is 4.39 Å². The van der Waals surface area contributed by atoms with Crippen molar-refractivity contribution in [2.24, 2.45) is 10.7 Å². The molecule has 0 aliphatic carbocycles. The molecule has 1 fully saturated rings. The van der Waals surface area contributed by atoms with E-state index >= 15 is 0 Å². The number of nitrogens with zero attached hydrogens (tertiary/aromatic N) is 2. The van der Waals surface area contributed by atoms with Crippen molar-refractivity contribution in [3.05, 3.63) is 11.5 Å². The van der Waals surface area contributed by atoms with Crippen molar-refractivity contribution in [2.75, 3.05) is 33.4 Å². The van der Waals surface area contributed by atoms with Gasteiger partial charge in [0.2, 0.25) is 0 Å². The quantitative estimate of drug-likeness (QED) is 0.382. The molecule has 0 atom stereocenters. The zero-order valence-corrected chi connectivity index (χ0v) is 8.94. The summed E-state index contributed by atoms with van der Waals surface area (Å²) in [4.78, 5) is 15.9. The average Bonchev–Trinajstić information content (AvgIpc) is 2.30. The van der Waals surface area contributed by atoms with Gasteiger partial charge in [-0.05, 0) is 0 Å². The lowest BCUT2D eigenvalue weighted by Gasteiger charge is -2.29. The highest BCUT2D eigenvalue weighted by Crippen LogP contribution is 2.10. The fourth-order valence-electron chi connectivity index (χ4n) is 1.37. The number of hydrogen-bond acceptors (Lipinski definition) is 4. The third kappa shape index (κ3) is 2.69. The van der Waals surface area contributed by atoms with E-state index in [1.54, 1.807) is 4.90 Å². The van der Waals surface area contributed by atoms with Gasteiger partial charge in [0.15, 0.2) is 17.4 Å². The van der Waals surface area contributed by atoms with Gasteiger partial charge in [0.1, 0.15) is 0 Å². The maximum Gasteiger partial charge on any atom is 0.354 e. The Hall–Kier alpha value is -1.63. The maximum absolute atomic E-state index is 13.7. The van der Waals surface area contributed by atoms with Gasteiger partial charge in [-0.1, -0.05) is 0 Å². The standard InChI is InChI=1S/C9H14FN3O3/c1-12-8(6(10)7(11)9(14)15)13-2-4-16-5-3-13/h2-5,11H2,1H3,(H,14,15). The molecule has 1 heterocycles. The summed E-state index contributed by atoms with van der Waals surface area (Å²) in [5.41, 5.74) is 4.28. The molecule has 1 aliphatic heterocycles. The van der Waals surface area contributed by atoms with Crippen LogP contribution >= 0.6 is 0 Å². The second-order valence-electron chi connectivity index (χ2n) is 3.18. The molecule has 6 nitrogen and oxygen atoms in total. The Bertz CT molecular complexity index is 335. The van der Waals surface area contributed by atoms with Gasteiger partial charge in [0.25, 0.3) is 0 Å². The van der Waals surface area contributed by atoms with Gasteiger partial charge in [0, 0.05) is 20.1 Å². The Morgan fingerprint density at radius 1 is 1.50 bits per heavy atom. The van der Waals surface area contributed by atoms with Crippen LogP contribution in [-0.4, -0.2) is 55.2 Å². The predicted molar refractivity (Wildman–Crippen MR) is 55.7 cm³/mol. The topological polar surface area (TPSA) is 88.1 Å². The van der Waals surface area contributed by atoms with Crippen LogP contribution in [0.1, 0.15) is 0 Å². The van der Waals surface area contributed by atoms with Crippen LogP contribution < -0.4 is 5.73 Å². The summed E-state index contributed by atoms with van der Waals surface area (Å²) in [7, 11) is 1.39. The minimum Gasteiger partial charge on any atom is -0.477 e. The van der Waals surface area contributed by atoms with Crippen LogP contribution in [0, 0.1) is 0 Å². The number of aliphatic carboxylic acids is 1. The summed E-state index contributed by atoms with van der Waals surface area (Å²) >= 11 is 0. The Kier molecular flexibility index (Phi) is 4.24. The van der Waals surface area contributed by atoms with Gasteiger partial charge < -0.3 is 20.5 Å². The van der Waals surface area contributed by atoms with Gasteiger partial charge in [-0.25, -0.2) is 9.18 Å². The first-order valence-corrected chi connectivity index (χ1v) is 4.76. The Labute approximate surface area is 92.2 Å². The molecule has 0 unspecified atom stereocenters. The fraction of sp³-hybridized carbons (Fsp3) is 0.556. The van der Waals surface area contributed by atoms with Crippen molar-refractivity contribution in [1.29, 1.82) is 0 Å². The molecule has 1 rings (SSSR count). The minimum atomic E-state index is -1.49. The highest BCUT2D eigenvalue weighted by atomic mass is 19.1. The highest BCUT2D eigenvalue weighted by molar-refractivity contribution is 6.02. The number of carbonyl (C=O) groups is 1. The van der Waals surface area contributed by atoms with Gasteiger partial charge in [-0.3, -0.25) is 4.99 Å². The molecule has 1 saturated heterocycles. The minimum absolute atomic E-state index is 0.0387. The van der Waals surface area contributed by atoms with E-state index in [9.17, 15) is 9.18 Å². The normalized spacial score (nSPS) is 19.4. The Morgan fingerprint density at radius 2 is 2.06 bits per heavy atom. The van der Waals surface area contributed by atoms with Gasteiger partial charge in [-0.15, -0.1) is 0 Å². The van der Waals surface area contributed by atoms with Gasteiger partial charge >= 0.3 is 5.97 Å². The molecule has 16 heavy (non-hydrogen) atoms. The Balaban J connectivity index is 2.90. The first-order chi connectivity index (χ1) is 7.57. The SMILES string of the molecule is CN=C(C(F)=C(N)C(=O)O)N1CCOCC1. The molecule has 0 radical (unpaired) electrons. The molecule has 7 heteroatoms. The predicted octanol–water partition coefficient (Wildman–Crippen LogP) is -0.429. The molecule has 1 aliphatic rings. The third-order valence-electron chi connectivity index (χ3n) is 2.19. The number of carboxylic acid groups (broad SMARTS) is 1. The van der Waals surface area contributed by atoms with Crippen molar-refractivity contribution < 1.29 is 19.0 Å². The van der Waals surface area contributed by atoms with Gasteiger partial charge in [0.05, 0.1) is 13.2 Å². The molecular weight excluding hydrogens is 217 g/mol. The molecule has 0 bridgehead atoms. The number of rotatable bonds is 2.